The fourth-order valence-corrected chi connectivity index (χ4v) is 4.92. The molecule has 0 fully saturated rings. The van der Waals surface area contributed by atoms with Gasteiger partial charge in [-0.3, -0.25) is 4.72 Å². The van der Waals surface area contributed by atoms with Crippen LogP contribution in [0.4, 0.5) is 16.6 Å². The van der Waals surface area contributed by atoms with E-state index in [2.05, 4.69) is 25.0 Å². The molecular formula is C23H23N5O5S2. The first kappa shape index (κ1) is 24.2. The number of hydrogen-bond donors (Lipinski definition) is 2. The molecule has 2 aromatic carbocycles. The highest BCUT2D eigenvalue weighted by Crippen LogP contribution is 2.30. The van der Waals surface area contributed by atoms with Crippen molar-refractivity contribution in [3.05, 3.63) is 59.5 Å². The minimum Gasteiger partial charge on any atom is -0.496 e. The second kappa shape index (κ2) is 10.2. The summed E-state index contributed by atoms with van der Waals surface area (Å²) in [5.74, 6) is 1.02. The number of aromatic nitrogens is 3. The zero-order valence-corrected chi connectivity index (χ0v) is 21.0. The molecule has 0 saturated heterocycles. The lowest BCUT2D eigenvalue weighted by molar-refractivity contribution is 0.353. The number of anilines is 3. The number of rotatable bonds is 9. The van der Waals surface area contributed by atoms with Gasteiger partial charge in [0.15, 0.2) is 10.9 Å². The van der Waals surface area contributed by atoms with Crippen molar-refractivity contribution in [1.29, 1.82) is 0 Å². The van der Waals surface area contributed by atoms with Crippen LogP contribution >= 0.6 is 11.3 Å². The van der Waals surface area contributed by atoms with Crippen molar-refractivity contribution in [2.75, 3.05) is 31.4 Å². The molecule has 0 spiro atoms. The number of nitrogens with zero attached hydrogens (tertiary/aromatic N) is 3. The van der Waals surface area contributed by atoms with Crippen LogP contribution in [0.1, 0.15) is 5.56 Å². The zero-order chi connectivity index (χ0) is 25.0. The highest BCUT2D eigenvalue weighted by molar-refractivity contribution is 7.92. The van der Waals surface area contributed by atoms with Crippen molar-refractivity contribution in [3.63, 3.8) is 0 Å². The first-order valence-corrected chi connectivity index (χ1v) is 12.6. The number of aryl methyl sites for hydroxylation is 1. The second-order valence-corrected chi connectivity index (χ2v) is 9.80. The molecule has 2 N–H and O–H groups in total. The number of benzene rings is 2. The van der Waals surface area contributed by atoms with Crippen LogP contribution in [0.2, 0.25) is 0 Å². The molecule has 0 bridgehead atoms. The van der Waals surface area contributed by atoms with Gasteiger partial charge in [-0.25, -0.2) is 13.4 Å². The summed E-state index contributed by atoms with van der Waals surface area (Å²) >= 11 is 1.45. The van der Waals surface area contributed by atoms with Gasteiger partial charge >= 0.3 is 6.01 Å². The molecule has 0 unspecified atom stereocenters. The van der Waals surface area contributed by atoms with Gasteiger partial charge in [0, 0.05) is 22.7 Å². The topological polar surface area (TPSA) is 125 Å². The first-order chi connectivity index (χ1) is 16.8. The molecule has 4 aromatic rings. The van der Waals surface area contributed by atoms with Gasteiger partial charge in [-0.2, -0.15) is 9.97 Å². The number of ether oxygens (including phenoxy) is 3. The quantitative estimate of drug-likeness (QED) is 0.333. The van der Waals surface area contributed by atoms with Gasteiger partial charge in [0.05, 0.1) is 31.9 Å². The van der Waals surface area contributed by atoms with Crippen molar-refractivity contribution in [3.8, 4) is 28.9 Å². The Morgan fingerprint density at radius 3 is 2.31 bits per heavy atom. The van der Waals surface area contributed by atoms with Crippen LogP contribution in [0.15, 0.2) is 58.8 Å². The summed E-state index contributed by atoms with van der Waals surface area (Å²) in [6, 6.07) is 13.5. The second-order valence-electron chi connectivity index (χ2n) is 7.26. The van der Waals surface area contributed by atoms with Crippen LogP contribution in [-0.4, -0.2) is 44.7 Å². The van der Waals surface area contributed by atoms with E-state index in [9.17, 15) is 8.42 Å². The third kappa shape index (κ3) is 5.61. The Labute approximate surface area is 207 Å². The number of thiazole rings is 1. The van der Waals surface area contributed by atoms with Crippen LogP contribution in [-0.2, 0) is 10.0 Å². The maximum Gasteiger partial charge on any atom is 0.321 e. The van der Waals surface area contributed by atoms with Crippen LogP contribution in [0, 0.1) is 6.92 Å². The molecule has 0 aliphatic rings. The lowest BCUT2D eigenvalue weighted by atomic mass is 10.1. The molecule has 2 heterocycles. The molecule has 0 amide bonds. The summed E-state index contributed by atoms with van der Waals surface area (Å²) in [7, 11) is 0.535. The van der Waals surface area contributed by atoms with Crippen molar-refractivity contribution in [1.82, 2.24) is 15.0 Å². The summed E-state index contributed by atoms with van der Waals surface area (Å²) in [6.07, 6.45) is 0. The van der Waals surface area contributed by atoms with Crippen molar-refractivity contribution >= 4 is 38.0 Å². The van der Waals surface area contributed by atoms with Gasteiger partial charge in [-0.15, -0.1) is 11.3 Å². The van der Waals surface area contributed by atoms with E-state index < -0.39 is 10.0 Å². The van der Waals surface area contributed by atoms with Gasteiger partial charge in [0.1, 0.15) is 5.75 Å². The van der Waals surface area contributed by atoms with E-state index in [1.165, 1.54) is 43.8 Å². The van der Waals surface area contributed by atoms with Crippen LogP contribution in [0.5, 0.6) is 17.6 Å². The molecule has 2 aromatic heterocycles. The maximum absolute atomic E-state index is 12.8. The largest absolute Gasteiger partial charge is 0.496 e. The fraction of sp³-hybridized carbons (Fsp3) is 0.174. The maximum atomic E-state index is 12.8. The van der Waals surface area contributed by atoms with E-state index in [0.29, 0.717) is 10.8 Å². The Morgan fingerprint density at radius 1 is 0.886 bits per heavy atom. The van der Waals surface area contributed by atoms with Gasteiger partial charge < -0.3 is 19.5 Å². The number of nitrogens with one attached hydrogen (secondary N) is 2. The fourth-order valence-electron chi connectivity index (χ4n) is 3.19. The monoisotopic (exact) mass is 513 g/mol. The summed E-state index contributed by atoms with van der Waals surface area (Å²) < 4.78 is 43.4. The third-order valence-corrected chi connectivity index (χ3v) is 7.05. The molecule has 0 radical (unpaired) electrons. The molecule has 35 heavy (non-hydrogen) atoms. The normalized spacial score (nSPS) is 11.1. The predicted molar refractivity (Wildman–Crippen MR) is 135 cm³/mol. The molecule has 10 nitrogen and oxygen atoms in total. The first-order valence-electron chi connectivity index (χ1n) is 10.3. The summed E-state index contributed by atoms with van der Waals surface area (Å²) in [6.45, 7) is 1.98. The Balaban J connectivity index is 1.47. The molecule has 182 valence electrons. The molecule has 0 saturated carbocycles. The van der Waals surface area contributed by atoms with Gasteiger partial charge in [0.2, 0.25) is 5.88 Å². The van der Waals surface area contributed by atoms with E-state index >= 15 is 0 Å². The molecular weight excluding hydrogens is 490 g/mol. The minimum absolute atomic E-state index is 0.0192. The minimum atomic E-state index is -3.90. The van der Waals surface area contributed by atoms with Crippen LogP contribution < -0.4 is 24.2 Å². The highest BCUT2D eigenvalue weighted by atomic mass is 32.2. The molecule has 0 atom stereocenters. The Morgan fingerprint density at radius 2 is 1.66 bits per heavy atom. The molecule has 4 rings (SSSR count). The Kier molecular flexibility index (Phi) is 7.03. The van der Waals surface area contributed by atoms with Gasteiger partial charge in [-0.05, 0) is 55.0 Å². The molecule has 0 aliphatic carbocycles. The predicted octanol–water partition coefficient (Wildman–Crippen LogP) is 4.48. The van der Waals surface area contributed by atoms with E-state index in [-0.39, 0.29) is 22.6 Å². The van der Waals surface area contributed by atoms with E-state index in [0.717, 1.165) is 22.6 Å². The van der Waals surface area contributed by atoms with Gasteiger partial charge in [-0.1, -0.05) is 0 Å². The Bertz CT molecular complexity index is 1420. The number of hydrogen-bond acceptors (Lipinski definition) is 10. The average Bonchev–Trinajstić information content (AvgIpc) is 3.32. The van der Waals surface area contributed by atoms with E-state index in [1.54, 1.807) is 19.2 Å². The highest BCUT2D eigenvalue weighted by Gasteiger charge is 2.17. The Hall–Kier alpha value is -3.90. The van der Waals surface area contributed by atoms with E-state index in [1.807, 2.05) is 30.5 Å². The lowest BCUT2D eigenvalue weighted by Gasteiger charge is -2.10. The summed E-state index contributed by atoms with van der Waals surface area (Å²) in [4.78, 5) is 12.6. The van der Waals surface area contributed by atoms with Crippen LogP contribution in [0.25, 0.3) is 11.3 Å². The average molecular weight is 514 g/mol. The molecule has 12 heteroatoms. The standard InChI is InChI=1S/C23H23N5O5S2/c1-14-11-15(5-10-19(14)31-2)18-13-34-23(25-18)24-16-6-8-17(9-7-16)35(29,30)28-20-12-21(32-3)27-22(26-20)33-4/h5-13H,1-4H3,(H,24,25)(H,26,27,28). The SMILES string of the molecule is COc1cc(NS(=O)(=O)c2ccc(Nc3nc(-c4ccc(OC)c(C)c4)cs3)cc2)nc(OC)n1. The summed E-state index contributed by atoms with van der Waals surface area (Å²) in [5, 5.41) is 5.84. The smallest absolute Gasteiger partial charge is 0.321 e. The summed E-state index contributed by atoms with van der Waals surface area (Å²) in [5.41, 5.74) is 3.54. The van der Waals surface area contributed by atoms with Crippen molar-refractivity contribution < 1.29 is 22.6 Å². The van der Waals surface area contributed by atoms with Crippen LogP contribution in [0.3, 0.4) is 0 Å². The number of methoxy groups -OCH3 is 3. The van der Waals surface area contributed by atoms with Crippen molar-refractivity contribution in [2.24, 2.45) is 0 Å². The number of sulfonamides is 1. The van der Waals surface area contributed by atoms with Crippen molar-refractivity contribution in [2.45, 2.75) is 11.8 Å². The molecule has 0 aliphatic heterocycles. The zero-order valence-electron chi connectivity index (χ0n) is 19.4. The third-order valence-electron chi connectivity index (χ3n) is 4.92. The van der Waals surface area contributed by atoms with E-state index in [4.69, 9.17) is 14.2 Å². The van der Waals surface area contributed by atoms with Gasteiger partial charge in [0.25, 0.3) is 10.0 Å². The lowest BCUT2D eigenvalue weighted by Crippen LogP contribution is -2.14.